The van der Waals surface area contributed by atoms with Crippen molar-refractivity contribution in [1.29, 1.82) is 0 Å². The molecule has 11 heavy (non-hydrogen) atoms. The van der Waals surface area contributed by atoms with Crippen molar-refractivity contribution in [3.63, 3.8) is 0 Å². The third-order valence-electron chi connectivity index (χ3n) is 1.36. The Balaban J connectivity index is 3.58. The maximum atomic E-state index is 8.94. The van der Waals surface area contributed by atoms with E-state index in [1.807, 2.05) is 0 Å². The van der Waals surface area contributed by atoms with Gasteiger partial charge in [-0.05, 0) is 0 Å². The van der Waals surface area contributed by atoms with Gasteiger partial charge in [-0.15, -0.1) is 0 Å². The number of rotatable bonds is 5. The molecule has 0 spiro atoms. The van der Waals surface area contributed by atoms with E-state index in [0.29, 0.717) is 0 Å². The fourth-order valence-corrected chi connectivity index (χ4v) is 0.632. The molecule has 0 radical (unpaired) electrons. The summed E-state index contributed by atoms with van der Waals surface area (Å²) < 4.78 is 0. The molecule has 0 aliphatic heterocycles. The van der Waals surface area contributed by atoms with E-state index in [9.17, 15) is 0 Å². The summed E-state index contributed by atoms with van der Waals surface area (Å²) >= 11 is 0. The van der Waals surface area contributed by atoms with Crippen LogP contribution in [0.5, 0.6) is 0 Å². The number of aliphatic hydroxyl groups is 5. The number of hydrogen-bond donors (Lipinski definition) is 5. The van der Waals surface area contributed by atoms with Crippen molar-refractivity contribution in [3.8, 4) is 0 Å². The average molecular weight is 166 g/mol. The Morgan fingerprint density at radius 3 is 1.73 bits per heavy atom. The lowest BCUT2D eigenvalue weighted by atomic mass is 10.1. The summed E-state index contributed by atoms with van der Waals surface area (Å²) in [7, 11) is 0. The SMILES string of the molecule is OC[C@H](O)C[C@H](O)[C@@H](O)CO. The fraction of sp³-hybridized carbons (Fsp3) is 1.00. The summed E-state index contributed by atoms with van der Waals surface area (Å²) in [5, 5.41) is 43.2. The van der Waals surface area contributed by atoms with Crippen molar-refractivity contribution in [1.82, 2.24) is 0 Å². The lowest BCUT2D eigenvalue weighted by Crippen LogP contribution is -2.33. The topological polar surface area (TPSA) is 101 Å². The Morgan fingerprint density at radius 1 is 0.818 bits per heavy atom. The van der Waals surface area contributed by atoms with Crippen LogP contribution in [-0.4, -0.2) is 57.1 Å². The summed E-state index contributed by atoms with van der Waals surface area (Å²) in [5.74, 6) is 0. The van der Waals surface area contributed by atoms with Crippen molar-refractivity contribution in [2.75, 3.05) is 13.2 Å². The van der Waals surface area contributed by atoms with E-state index in [4.69, 9.17) is 25.5 Å². The third kappa shape index (κ3) is 4.28. The highest BCUT2D eigenvalue weighted by atomic mass is 16.4. The second-order valence-corrected chi connectivity index (χ2v) is 2.39. The Morgan fingerprint density at radius 2 is 1.36 bits per heavy atom. The molecule has 0 saturated carbocycles. The summed E-state index contributed by atoms with van der Waals surface area (Å²) in [6, 6.07) is 0. The van der Waals surface area contributed by atoms with Crippen LogP contribution in [0.4, 0.5) is 0 Å². The Hall–Kier alpha value is -0.200. The van der Waals surface area contributed by atoms with Crippen molar-refractivity contribution >= 4 is 0 Å². The monoisotopic (exact) mass is 166 g/mol. The molecule has 0 aromatic heterocycles. The molecular formula is C6H14O5. The van der Waals surface area contributed by atoms with Gasteiger partial charge in [0.1, 0.15) is 6.10 Å². The molecule has 0 fully saturated rings. The molecule has 0 aromatic rings. The summed E-state index contributed by atoms with van der Waals surface area (Å²) in [5.41, 5.74) is 0. The zero-order chi connectivity index (χ0) is 8.85. The van der Waals surface area contributed by atoms with E-state index in [1.54, 1.807) is 0 Å². The predicted molar refractivity (Wildman–Crippen MR) is 36.8 cm³/mol. The molecule has 5 nitrogen and oxygen atoms in total. The number of hydrogen-bond acceptors (Lipinski definition) is 5. The van der Waals surface area contributed by atoms with Crippen LogP contribution < -0.4 is 0 Å². The normalized spacial score (nSPS) is 19.4. The maximum Gasteiger partial charge on any atom is 0.103 e. The van der Waals surface area contributed by atoms with E-state index in [1.165, 1.54) is 0 Å². The van der Waals surface area contributed by atoms with Crippen LogP contribution in [0.2, 0.25) is 0 Å². The highest BCUT2D eigenvalue weighted by Gasteiger charge is 2.18. The molecular weight excluding hydrogens is 152 g/mol. The summed E-state index contributed by atoms with van der Waals surface area (Å²) in [6.45, 7) is -1.02. The molecule has 5 heteroatoms. The Labute approximate surface area is 64.5 Å². The van der Waals surface area contributed by atoms with Gasteiger partial charge in [0.15, 0.2) is 0 Å². The van der Waals surface area contributed by atoms with Crippen LogP contribution in [0, 0.1) is 0 Å². The molecule has 0 unspecified atom stereocenters. The van der Waals surface area contributed by atoms with Crippen LogP contribution in [0.3, 0.4) is 0 Å². The van der Waals surface area contributed by atoms with Crippen molar-refractivity contribution < 1.29 is 25.5 Å². The first-order valence-corrected chi connectivity index (χ1v) is 3.37. The zero-order valence-corrected chi connectivity index (χ0v) is 6.09. The number of aliphatic hydroxyl groups excluding tert-OH is 5. The maximum absolute atomic E-state index is 8.94. The third-order valence-corrected chi connectivity index (χ3v) is 1.36. The highest BCUT2D eigenvalue weighted by Crippen LogP contribution is 2.02. The minimum Gasteiger partial charge on any atom is -0.394 e. The van der Waals surface area contributed by atoms with Crippen LogP contribution in [0.1, 0.15) is 6.42 Å². The molecule has 0 amide bonds. The summed E-state index contributed by atoms with van der Waals surface area (Å²) in [4.78, 5) is 0. The van der Waals surface area contributed by atoms with Crippen LogP contribution in [-0.2, 0) is 0 Å². The van der Waals surface area contributed by atoms with Gasteiger partial charge in [-0.3, -0.25) is 0 Å². The van der Waals surface area contributed by atoms with Gasteiger partial charge >= 0.3 is 0 Å². The first kappa shape index (κ1) is 10.8. The fourth-order valence-electron chi connectivity index (χ4n) is 0.632. The minimum atomic E-state index is -1.25. The van der Waals surface area contributed by atoms with Gasteiger partial charge in [0.2, 0.25) is 0 Å². The molecule has 68 valence electrons. The smallest absolute Gasteiger partial charge is 0.103 e. The first-order valence-electron chi connectivity index (χ1n) is 3.37. The predicted octanol–water partition coefficient (Wildman–Crippen LogP) is -2.56. The Bertz CT molecular complexity index is 97.0. The standard InChI is InChI=1S/C6H14O5/c7-2-4(9)1-5(10)6(11)3-8/h4-11H,1-3H2/t4-,5+,6+/m1/s1. The van der Waals surface area contributed by atoms with E-state index < -0.39 is 31.5 Å². The van der Waals surface area contributed by atoms with Crippen molar-refractivity contribution in [2.45, 2.75) is 24.7 Å². The van der Waals surface area contributed by atoms with E-state index in [0.717, 1.165) is 0 Å². The molecule has 0 saturated heterocycles. The second kappa shape index (κ2) is 5.45. The molecule has 0 heterocycles. The Kier molecular flexibility index (Phi) is 5.35. The van der Waals surface area contributed by atoms with Crippen molar-refractivity contribution in [2.24, 2.45) is 0 Å². The van der Waals surface area contributed by atoms with Crippen LogP contribution in [0.25, 0.3) is 0 Å². The quantitative estimate of drug-likeness (QED) is 0.309. The van der Waals surface area contributed by atoms with Gasteiger partial charge in [0, 0.05) is 6.42 Å². The van der Waals surface area contributed by atoms with Crippen molar-refractivity contribution in [3.05, 3.63) is 0 Å². The molecule has 5 N–H and O–H groups in total. The van der Waals surface area contributed by atoms with Gasteiger partial charge in [-0.25, -0.2) is 0 Å². The zero-order valence-electron chi connectivity index (χ0n) is 6.09. The molecule has 0 aromatic carbocycles. The van der Waals surface area contributed by atoms with E-state index in [-0.39, 0.29) is 6.42 Å². The van der Waals surface area contributed by atoms with Crippen LogP contribution in [0.15, 0.2) is 0 Å². The first-order chi connectivity index (χ1) is 5.11. The molecule has 3 atom stereocenters. The van der Waals surface area contributed by atoms with Gasteiger partial charge in [0.05, 0.1) is 25.4 Å². The lowest BCUT2D eigenvalue weighted by molar-refractivity contribution is -0.0437. The molecule has 0 aliphatic carbocycles. The van der Waals surface area contributed by atoms with Gasteiger partial charge < -0.3 is 25.5 Å². The van der Waals surface area contributed by atoms with E-state index >= 15 is 0 Å². The van der Waals surface area contributed by atoms with Gasteiger partial charge in [-0.1, -0.05) is 0 Å². The summed E-state index contributed by atoms with van der Waals surface area (Å²) in [6.07, 6.45) is -3.64. The molecule has 0 bridgehead atoms. The molecule has 0 aliphatic rings. The lowest BCUT2D eigenvalue weighted by Gasteiger charge is -2.17. The second-order valence-electron chi connectivity index (χ2n) is 2.39. The van der Waals surface area contributed by atoms with Gasteiger partial charge in [0.25, 0.3) is 0 Å². The largest absolute Gasteiger partial charge is 0.394 e. The van der Waals surface area contributed by atoms with E-state index in [2.05, 4.69) is 0 Å². The van der Waals surface area contributed by atoms with Crippen LogP contribution >= 0.6 is 0 Å². The highest BCUT2D eigenvalue weighted by molar-refractivity contribution is 4.69. The average Bonchev–Trinajstić information content (AvgIpc) is 2.02. The van der Waals surface area contributed by atoms with Gasteiger partial charge in [-0.2, -0.15) is 0 Å². The molecule has 0 rings (SSSR count). The minimum absolute atomic E-state index is 0.141.